The molecule has 0 bridgehead atoms. The van der Waals surface area contributed by atoms with Crippen LogP contribution in [-0.2, 0) is 11.5 Å². The van der Waals surface area contributed by atoms with Crippen molar-refractivity contribution in [3.63, 3.8) is 0 Å². The lowest BCUT2D eigenvalue weighted by Crippen LogP contribution is -2.44. The molecule has 1 amide bonds. The molecule has 0 unspecified atom stereocenters. The van der Waals surface area contributed by atoms with E-state index in [1.54, 1.807) is 24.3 Å². The number of benzene rings is 1. The molecular weight excluding hydrogens is 439 g/mol. The second kappa shape index (κ2) is 10.3. The number of anilines is 3. The third kappa shape index (κ3) is 5.44. The summed E-state index contributed by atoms with van der Waals surface area (Å²) in [5.41, 5.74) is 1.63. The molecule has 1 saturated carbocycles. The van der Waals surface area contributed by atoms with Crippen molar-refractivity contribution in [1.82, 2.24) is 19.8 Å². The molecule has 0 atom stereocenters. The van der Waals surface area contributed by atoms with Gasteiger partial charge in [-0.15, -0.1) is 0 Å². The highest BCUT2D eigenvalue weighted by Crippen LogP contribution is 2.31. The van der Waals surface area contributed by atoms with Crippen LogP contribution in [0.5, 0.6) is 0 Å². The van der Waals surface area contributed by atoms with Crippen LogP contribution in [0.3, 0.4) is 0 Å². The maximum absolute atomic E-state index is 13.4. The van der Waals surface area contributed by atoms with Crippen LogP contribution in [0.15, 0.2) is 30.5 Å². The van der Waals surface area contributed by atoms with Gasteiger partial charge in [-0.05, 0) is 70.1 Å². The van der Waals surface area contributed by atoms with Gasteiger partial charge in [-0.25, -0.2) is 9.37 Å². The Kier molecular flexibility index (Phi) is 7.26. The molecule has 0 radical (unpaired) electrons. The Morgan fingerprint density at radius 1 is 1.21 bits per heavy atom. The van der Waals surface area contributed by atoms with E-state index in [9.17, 15) is 14.0 Å². The van der Waals surface area contributed by atoms with Crippen LogP contribution < -0.4 is 10.6 Å². The van der Waals surface area contributed by atoms with E-state index in [0.717, 1.165) is 25.9 Å². The number of hydrogen-bond donors (Lipinski definition) is 3. The van der Waals surface area contributed by atoms with Gasteiger partial charge in [0.05, 0.1) is 5.92 Å². The van der Waals surface area contributed by atoms with Crippen molar-refractivity contribution in [3.05, 3.63) is 41.6 Å². The largest absolute Gasteiger partial charge is 0.481 e. The van der Waals surface area contributed by atoms with Crippen LogP contribution in [0.2, 0.25) is 0 Å². The van der Waals surface area contributed by atoms with E-state index in [0.29, 0.717) is 35.5 Å². The molecule has 1 aromatic carbocycles. The second-order valence-electron chi connectivity index (χ2n) is 9.20. The number of aliphatic carboxylic acids is 1. The third-order valence-corrected chi connectivity index (χ3v) is 6.78. The van der Waals surface area contributed by atoms with E-state index in [1.807, 2.05) is 11.9 Å². The first kappa shape index (κ1) is 23.9. The topological polar surface area (TPSA) is 111 Å². The highest BCUT2D eigenvalue weighted by molar-refractivity contribution is 5.94. The maximum atomic E-state index is 13.4. The molecule has 9 nitrogen and oxygen atoms in total. The summed E-state index contributed by atoms with van der Waals surface area (Å²) in [4.78, 5) is 36.6. The van der Waals surface area contributed by atoms with Crippen molar-refractivity contribution in [2.45, 2.75) is 44.4 Å². The molecule has 182 valence electrons. The Morgan fingerprint density at radius 3 is 2.50 bits per heavy atom. The molecule has 2 heterocycles. The zero-order valence-electron chi connectivity index (χ0n) is 19.5. The quantitative estimate of drug-likeness (QED) is 0.540. The van der Waals surface area contributed by atoms with Gasteiger partial charge in [0.15, 0.2) is 0 Å². The lowest BCUT2D eigenvalue weighted by atomic mass is 9.80. The maximum Gasteiger partial charge on any atom is 0.306 e. The van der Waals surface area contributed by atoms with Crippen molar-refractivity contribution in [1.29, 1.82) is 0 Å². The number of carboxylic acids is 1. The van der Waals surface area contributed by atoms with Gasteiger partial charge >= 0.3 is 5.97 Å². The van der Waals surface area contributed by atoms with E-state index >= 15 is 0 Å². The number of carboxylic acid groups (broad SMARTS) is 1. The monoisotopic (exact) mass is 470 g/mol. The molecule has 4 rings (SSSR count). The van der Waals surface area contributed by atoms with Gasteiger partial charge in [0.2, 0.25) is 5.95 Å². The fourth-order valence-corrected chi connectivity index (χ4v) is 4.40. The van der Waals surface area contributed by atoms with Crippen molar-refractivity contribution in [3.8, 4) is 0 Å². The van der Waals surface area contributed by atoms with Crippen LogP contribution >= 0.6 is 0 Å². The highest BCUT2D eigenvalue weighted by Gasteiger charge is 2.35. The first-order valence-corrected chi connectivity index (χ1v) is 11.6. The Morgan fingerprint density at radius 2 is 1.88 bits per heavy atom. The number of nitrogens with one attached hydrogen (secondary N) is 2. The summed E-state index contributed by atoms with van der Waals surface area (Å²) in [6.45, 7) is 1.26. The van der Waals surface area contributed by atoms with Crippen LogP contribution in [0.25, 0.3) is 0 Å². The number of aromatic nitrogens is 2. The smallest absolute Gasteiger partial charge is 0.306 e. The van der Waals surface area contributed by atoms with E-state index in [4.69, 9.17) is 5.11 Å². The summed E-state index contributed by atoms with van der Waals surface area (Å²) in [6, 6.07) is 7.31. The standard InChI is InChI=1S/C24H31FN6O3/c1-30-9-7-20(8-10-30)31(2)22(32)15-3-5-18(6-4-15)28-24-26-14-17(13-25)21(29-24)27-19-11-16(12-19)23(33)34/h3-6,14,16,19-20H,7-13H2,1-2H3,(H,33,34)(H2,26,27,28,29)/t16-,19+. The molecule has 1 saturated heterocycles. The summed E-state index contributed by atoms with van der Waals surface area (Å²) >= 11 is 0. The summed E-state index contributed by atoms with van der Waals surface area (Å²) < 4.78 is 13.4. The molecule has 3 N–H and O–H groups in total. The lowest BCUT2D eigenvalue weighted by molar-refractivity contribution is -0.144. The fourth-order valence-electron chi connectivity index (χ4n) is 4.40. The van der Waals surface area contributed by atoms with Gasteiger partial charge in [-0.2, -0.15) is 4.98 Å². The number of likely N-dealkylation sites (tertiary alicyclic amines) is 1. The van der Waals surface area contributed by atoms with Gasteiger partial charge in [0.25, 0.3) is 5.91 Å². The first-order valence-electron chi connectivity index (χ1n) is 11.6. The average Bonchev–Trinajstić information content (AvgIpc) is 2.81. The zero-order chi connectivity index (χ0) is 24.2. The fraction of sp³-hybridized carbons (Fsp3) is 0.500. The van der Waals surface area contributed by atoms with E-state index in [-0.39, 0.29) is 29.9 Å². The summed E-state index contributed by atoms with van der Waals surface area (Å²) in [7, 11) is 3.96. The second-order valence-corrected chi connectivity index (χ2v) is 9.20. The van der Waals surface area contributed by atoms with Crippen molar-refractivity contribution in [2.75, 3.05) is 37.8 Å². The molecule has 34 heavy (non-hydrogen) atoms. The van der Waals surface area contributed by atoms with Crippen LogP contribution in [-0.4, -0.2) is 76.0 Å². The number of piperidine rings is 1. The average molecular weight is 471 g/mol. The van der Waals surface area contributed by atoms with Gasteiger partial charge in [0, 0.05) is 42.1 Å². The minimum Gasteiger partial charge on any atom is -0.481 e. The first-order chi connectivity index (χ1) is 16.3. The SMILES string of the molecule is CN1CCC(N(C)C(=O)c2ccc(Nc3ncc(CF)c(N[C@H]4C[C@@H](C(=O)O)C4)n3)cc2)CC1. The number of carbonyl (C=O) groups excluding carboxylic acids is 1. The highest BCUT2D eigenvalue weighted by atomic mass is 19.1. The Labute approximate surface area is 198 Å². The molecule has 2 aliphatic rings. The van der Waals surface area contributed by atoms with Gasteiger partial charge in [-0.3, -0.25) is 9.59 Å². The lowest BCUT2D eigenvalue weighted by Gasteiger charge is -2.35. The summed E-state index contributed by atoms with van der Waals surface area (Å²) in [6.07, 6.45) is 4.32. The minimum atomic E-state index is -0.812. The number of alkyl halides is 1. The van der Waals surface area contributed by atoms with E-state index < -0.39 is 12.6 Å². The van der Waals surface area contributed by atoms with Gasteiger partial charge < -0.3 is 25.5 Å². The Hall–Kier alpha value is -3.27. The molecular formula is C24H31FN6O3. The van der Waals surface area contributed by atoms with Gasteiger partial charge in [-0.1, -0.05) is 0 Å². The van der Waals surface area contributed by atoms with Gasteiger partial charge in [0.1, 0.15) is 12.5 Å². The van der Waals surface area contributed by atoms with Crippen LogP contribution in [0.4, 0.5) is 21.8 Å². The minimum absolute atomic E-state index is 0.00342. The zero-order valence-corrected chi connectivity index (χ0v) is 19.5. The summed E-state index contributed by atoms with van der Waals surface area (Å²) in [5, 5.41) is 15.3. The van der Waals surface area contributed by atoms with E-state index in [1.165, 1.54) is 6.20 Å². The molecule has 1 aromatic heterocycles. The van der Waals surface area contributed by atoms with Crippen molar-refractivity contribution < 1.29 is 19.1 Å². The number of amides is 1. The molecule has 10 heteroatoms. The third-order valence-electron chi connectivity index (χ3n) is 6.78. The predicted molar refractivity (Wildman–Crippen MR) is 127 cm³/mol. The van der Waals surface area contributed by atoms with E-state index in [2.05, 4.69) is 32.5 Å². The van der Waals surface area contributed by atoms with Crippen LogP contribution in [0, 0.1) is 5.92 Å². The predicted octanol–water partition coefficient (Wildman–Crippen LogP) is 3.13. The normalized spacial score (nSPS) is 20.9. The molecule has 1 aliphatic heterocycles. The Bertz CT molecular complexity index is 1020. The molecule has 2 aromatic rings. The number of hydrogen-bond acceptors (Lipinski definition) is 7. The number of rotatable bonds is 8. The molecule has 1 aliphatic carbocycles. The number of carbonyl (C=O) groups is 2. The van der Waals surface area contributed by atoms with Crippen molar-refractivity contribution >= 4 is 29.3 Å². The number of halogens is 1. The molecule has 2 fully saturated rings. The van der Waals surface area contributed by atoms with Crippen molar-refractivity contribution in [2.24, 2.45) is 5.92 Å². The molecule has 0 spiro atoms. The Balaban J connectivity index is 1.38. The number of nitrogens with zero attached hydrogens (tertiary/aromatic N) is 4. The summed E-state index contributed by atoms with van der Waals surface area (Å²) in [5.74, 6) is -0.535. The van der Waals surface area contributed by atoms with Crippen LogP contribution in [0.1, 0.15) is 41.6 Å².